The molecule has 0 radical (unpaired) electrons. The van der Waals surface area contributed by atoms with Crippen molar-refractivity contribution in [3.63, 3.8) is 0 Å². The Morgan fingerprint density at radius 1 is 0.574 bits per heavy atom. The van der Waals surface area contributed by atoms with Gasteiger partial charge < -0.3 is 23.6 Å². The van der Waals surface area contributed by atoms with Gasteiger partial charge >= 0.3 is 11.9 Å². The third-order valence-corrected chi connectivity index (χ3v) is 9.01. The van der Waals surface area contributed by atoms with E-state index in [9.17, 15) is 27.7 Å². The molecule has 0 aromatic carbocycles. The fraction of sp³-hybridized carbons (Fsp3) is 0.944. The molecule has 0 aromatic heterocycles. The number of hydrogen-bond acceptors (Lipinski definition) is 9. The molecule has 0 bridgehead atoms. The normalized spacial score (nSPS) is 11.6. The van der Waals surface area contributed by atoms with E-state index in [0.717, 1.165) is 32.8 Å². The first-order valence-corrected chi connectivity index (χ1v) is 20.1. The highest BCUT2D eigenvalue weighted by atomic mass is 32.3. The van der Waals surface area contributed by atoms with Gasteiger partial charge in [-0.3, -0.25) is 13.8 Å². The number of unbranched alkanes of at least 4 members (excludes halogenated alkanes) is 20. The molecule has 0 aliphatic rings. The van der Waals surface area contributed by atoms with Crippen molar-refractivity contribution in [2.24, 2.45) is 0 Å². The second-order valence-corrected chi connectivity index (χ2v) is 14.3. The number of likely N-dealkylation sites (N-methyl/N-ethyl adjacent to an activating group) is 1. The smallest absolute Gasteiger partial charge is 0.305 e. The van der Waals surface area contributed by atoms with E-state index in [1.807, 2.05) is 7.05 Å². The molecule has 282 valence electrons. The van der Waals surface area contributed by atoms with Gasteiger partial charge in [-0.1, -0.05) is 142 Å². The number of aliphatic hydroxyl groups is 1. The highest BCUT2D eigenvalue weighted by molar-refractivity contribution is 7.80. The quantitative estimate of drug-likeness (QED) is 0.0238. The largest absolute Gasteiger partial charge is 0.726 e. The van der Waals surface area contributed by atoms with E-state index in [1.54, 1.807) is 0 Å². The highest BCUT2D eigenvalue weighted by Crippen LogP contribution is 2.14. The maximum atomic E-state index is 12.1. The predicted molar refractivity (Wildman–Crippen MR) is 189 cm³/mol. The van der Waals surface area contributed by atoms with Crippen molar-refractivity contribution in [2.75, 3.05) is 53.6 Å². The van der Waals surface area contributed by atoms with Crippen molar-refractivity contribution in [3.8, 4) is 0 Å². The summed E-state index contributed by atoms with van der Waals surface area (Å²) in [6.07, 6.45) is 28.8. The minimum atomic E-state index is -4.41. The van der Waals surface area contributed by atoms with Crippen LogP contribution < -0.4 is 0 Å². The van der Waals surface area contributed by atoms with Crippen LogP contribution in [0.3, 0.4) is 0 Å². The van der Waals surface area contributed by atoms with Crippen LogP contribution in [0.25, 0.3) is 0 Å². The van der Waals surface area contributed by atoms with Crippen molar-refractivity contribution in [1.29, 1.82) is 0 Å². The highest BCUT2D eigenvalue weighted by Gasteiger charge is 2.22. The summed E-state index contributed by atoms with van der Waals surface area (Å²) in [5, 5.41) is 9.53. The Hall–Kier alpha value is -1.27. The molecule has 0 saturated heterocycles. The number of aliphatic hydroxyl groups excluding tert-OH is 1. The van der Waals surface area contributed by atoms with Gasteiger partial charge in [0.2, 0.25) is 10.4 Å². The van der Waals surface area contributed by atoms with Gasteiger partial charge in [-0.25, -0.2) is 8.42 Å². The second kappa shape index (κ2) is 34.6. The number of nitrogens with zero attached hydrogens (tertiary/aromatic N) is 1. The van der Waals surface area contributed by atoms with Crippen LogP contribution in [-0.4, -0.2) is 88.1 Å². The minimum Gasteiger partial charge on any atom is -0.726 e. The van der Waals surface area contributed by atoms with E-state index in [4.69, 9.17) is 9.47 Å². The summed E-state index contributed by atoms with van der Waals surface area (Å²) in [6, 6.07) is 0. The third kappa shape index (κ3) is 39.1. The molecule has 11 heteroatoms. The molecule has 1 N–H and O–H groups in total. The fourth-order valence-electron chi connectivity index (χ4n) is 5.35. The molecule has 0 saturated carbocycles. The van der Waals surface area contributed by atoms with E-state index >= 15 is 0 Å². The average molecular weight is 696 g/mol. The first-order chi connectivity index (χ1) is 22.5. The second-order valence-electron chi connectivity index (χ2n) is 13.1. The standard InChI is InChI=1S/C35H70NO5.CH4O4S/c1-4-6-8-10-12-14-16-18-20-22-24-26-34(38)40-32-29-36(3,28-31-37)30-33-41-35(39)27-25-23-21-19-17-15-13-11-9-7-5-2;1-5-6(2,3)4/h37H,4-33H2,1-3H3;1H3,(H,2,3,4)/q+1;/p-1. The van der Waals surface area contributed by atoms with Crippen LogP contribution in [0, 0.1) is 0 Å². The van der Waals surface area contributed by atoms with Crippen molar-refractivity contribution in [1.82, 2.24) is 0 Å². The van der Waals surface area contributed by atoms with Gasteiger partial charge in [0.15, 0.2) is 0 Å². The Kier molecular flexibility index (Phi) is 35.2. The lowest BCUT2D eigenvalue weighted by molar-refractivity contribution is -0.910. The molecule has 0 unspecified atom stereocenters. The molecule has 0 aliphatic heterocycles. The lowest BCUT2D eigenvalue weighted by Crippen LogP contribution is -2.50. The average Bonchev–Trinajstić information content (AvgIpc) is 3.02. The maximum Gasteiger partial charge on any atom is 0.305 e. The van der Waals surface area contributed by atoms with Crippen molar-refractivity contribution in [3.05, 3.63) is 0 Å². The molecule has 0 heterocycles. The van der Waals surface area contributed by atoms with Gasteiger partial charge in [-0.05, 0) is 12.8 Å². The fourth-order valence-corrected chi connectivity index (χ4v) is 5.35. The number of carbonyl (C=O) groups excluding carboxylic acids is 2. The van der Waals surface area contributed by atoms with E-state index in [1.165, 1.54) is 116 Å². The van der Waals surface area contributed by atoms with E-state index in [0.29, 0.717) is 50.2 Å². The zero-order valence-corrected chi connectivity index (χ0v) is 31.6. The van der Waals surface area contributed by atoms with Crippen LogP contribution >= 0.6 is 0 Å². The summed E-state index contributed by atoms with van der Waals surface area (Å²) in [6.45, 7) is 7.00. The number of esters is 2. The molecule has 0 aliphatic carbocycles. The Bertz CT molecular complexity index is 764. The number of carbonyl (C=O) groups is 2. The van der Waals surface area contributed by atoms with Crippen molar-refractivity contribution >= 4 is 22.3 Å². The summed E-state index contributed by atoms with van der Waals surface area (Å²) < 4.78 is 42.5. The van der Waals surface area contributed by atoms with Gasteiger partial charge in [-0.15, -0.1) is 0 Å². The van der Waals surface area contributed by atoms with E-state index < -0.39 is 10.4 Å². The van der Waals surface area contributed by atoms with E-state index in [-0.39, 0.29) is 18.5 Å². The number of hydrogen-bond donors (Lipinski definition) is 1. The van der Waals surface area contributed by atoms with Gasteiger partial charge in [0.1, 0.15) is 32.8 Å². The van der Waals surface area contributed by atoms with Crippen LogP contribution in [-0.2, 0) is 33.6 Å². The zero-order valence-electron chi connectivity index (χ0n) is 30.8. The summed E-state index contributed by atoms with van der Waals surface area (Å²) in [5.41, 5.74) is 0. The van der Waals surface area contributed by atoms with Crippen LogP contribution in [0.5, 0.6) is 0 Å². The SMILES string of the molecule is CCCCCCCCCCCCCC(=O)OCC[N+](C)(CCO)CCOC(=O)CCCCCCCCCCCCC.COS(=O)(=O)[O-]. The van der Waals surface area contributed by atoms with Crippen LogP contribution in [0.15, 0.2) is 0 Å². The van der Waals surface area contributed by atoms with Crippen molar-refractivity contribution < 1.29 is 45.8 Å². The van der Waals surface area contributed by atoms with Gasteiger partial charge in [-0.2, -0.15) is 0 Å². The Morgan fingerprint density at radius 2 is 0.851 bits per heavy atom. The van der Waals surface area contributed by atoms with Crippen molar-refractivity contribution in [2.45, 2.75) is 168 Å². The lowest BCUT2D eigenvalue weighted by atomic mass is 10.1. The summed E-state index contributed by atoms with van der Waals surface area (Å²) in [4.78, 5) is 24.3. The Morgan fingerprint density at radius 3 is 1.11 bits per heavy atom. The Balaban J connectivity index is 0. The predicted octanol–water partition coefficient (Wildman–Crippen LogP) is 8.01. The molecule has 0 aromatic rings. The Labute approximate surface area is 289 Å². The van der Waals surface area contributed by atoms with E-state index in [2.05, 4.69) is 18.0 Å². The topological polar surface area (TPSA) is 139 Å². The summed E-state index contributed by atoms with van der Waals surface area (Å²) >= 11 is 0. The molecular weight excluding hydrogens is 622 g/mol. The van der Waals surface area contributed by atoms with Gasteiger partial charge in [0.05, 0.1) is 20.8 Å². The van der Waals surface area contributed by atoms with Crippen LogP contribution in [0.4, 0.5) is 0 Å². The first kappa shape index (κ1) is 47.8. The molecule has 0 rings (SSSR count). The molecule has 47 heavy (non-hydrogen) atoms. The van der Waals surface area contributed by atoms with Crippen LogP contribution in [0.2, 0.25) is 0 Å². The molecule has 0 amide bonds. The number of quaternary nitrogens is 1. The number of rotatable bonds is 33. The molecule has 10 nitrogen and oxygen atoms in total. The zero-order chi connectivity index (χ0) is 35.5. The summed E-state index contributed by atoms with van der Waals surface area (Å²) in [5.74, 6) is -0.259. The molecule has 0 spiro atoms. The molecular formula is C36H73NO9S. The molecule has 0 fully saturated rings. The first-order valence-electron chi connectivity index (χ1n) is 18.8. The number of ether oxygens (including phenoxy) is 2. The molecule has 0 atom stereocenters. The van der Waals surface area contributed by atoms with Gasteiger partial charge in [0.25, 0.3) is 0 Å². The lowest BCUT2D eigenvalue weighted by Gasteiger charge is -2.33. The minimum absolute atomic E-state index is 0.0515. The summed E-state index contributed by atoms with van der Waals surface area (Å²) in [7, 11) is -1.58. The van der Waals surface area contributed by atoms with Gasteiger partial charge in [0, 0.05) is 12.8 Å². The third-order valence-electron chi connectivity index (χ3n) is 8.60. The maximum absolute atomic E-state index is 12.1. The monoisotopic (exact) mass is 696 g/mol. The van der Waals surface area contributed by atoms with Crippen LogP contribution in [0.1, 0.15) is 168 Å².